The summed E-state index contributed by atoms with van der Waals surface area (Å²) in [6, 6.07) is 13.0. The van der Waals surface area contributed by atoms with Crippen LogP contribution in [0.1, 0.15) is 37.1 Å². The van der Waals surface area contributed by atoms with Gasteiger partial charge in [0.1, 0.15) is 11.6 Å². The Bertz CT molecular complexity index is 1000. The highest BCUT2D eigenvalue weighted by atomic mass is 35.5. The number of nitrogens with one attached hydrogen (secondary N) is 1. The lowest BCUT2D eigenvalue weighted by molar-refractivity contribution is 0.403. The van der Waals surface area contributed by atoms with Crippen LogP contribution in [-0.2, 0) is 0 Å². The quantitative estimate of drug-likeness (QED) is 0.589. The number of hydrogen-bond acceptors (Lipinski definition) is 5. The molecule has 0 saturated heterocycles. The van der Waals surface area contributed by atoms with Gasteiger partial charge in [-0.1, -0.05) is 42.7 Å². The summed E-state index contributed by atoms with van der Waals surface area (Å²) < 4.78 is 0. The first-order valence-electron chi connectivity index (χ1n) is 9.55. The van der Waals surface area contributed by atoms with Crippen molar-refractivity contribution in [2.45, 2.75) is 37.8 Å². The molecule has 5 nitrogen and oxygen atoms in total. The number of phenols is 1. The molecule has 0 spiro atoms. The SMILES string of the molecule is NC1CCCCC1Nc1nc(C=Cc2ccc(Cl)cc2)nc2ccc(O)cc12. The molecule has 0 aliphatic heterocycles. The summed E-state index contributed by atoms with van der Waals surface area (Å²) >= 11 is 5.94. The van der Waals surface area contributed by atoms with Crippen LogP contribution in [0.3, 0.4) is 0 Å². The molecule has 4 rings (SSSR count). The average molecular weight is 395 g/mol. The Labute approximate surface area is 169 Å². The minimum atomic E-state index is 0.101. The number of aromatic hydroxyl groups is 1. The number of fused-ring (bicyclic) bond motifs is 1. The Kier molecular flexibility index (Phi) is 5.46. The average Bonchev–Trinajstić information content (AvgIpc) is 2.70. The molecule has 2 atom stereocenters. The summed E-state index contributed by atoms with van der Waals surface area (Å²) in [4.78, 5) is 9.32. The van der Waals surface area contributed by atoms with E-state index in [0.717, 1.165) is 35.7 Å². The summed E-state index contributed by atoms with van der Waals surface area (Å²) in [6.07, 6.45) is 8.18. The van der Waals surface area contributed by atoms with Gasteiger partial charge in [0.05, 0.1) is 5.52 Å². The van der Waals surface area contributed by atoms with Gasteiger partial charge < -0.3 is 16.2 Å². The molecule has 6 heteroatoms. The van der Waals surface area contributed by atoms with Gasteiger partial charge in [0, 0.05) is 22.5 Å². The molecule has 2 aromatic carbocycles. The van der Waals surface area contributed by atoms with Crippen molar-refractivity contribution in [3.8, 4) is 5.75 Å². The monoisotopic (exact) mass is 394 g/mol. The predicted molar refractivity (Wildman–Crippen MR) is 115 cm³/mol. The van der Waals surface area contributed by atoms with Gasteiger partial charge in [-0.2, -0.15) is 0 Å². The number of phenolic OH excluding ortho intramolecular Hbond substituents is 1. The van der Waals surface area contributed by atoms with E-state index in [0.29, 0.717) is 16.7 Å². The normalized spacial score (nSPS) is 19.9. The molecule has 1 saturated carbocycles. The van der Waals surface area contributed by atoms with Gasteiger partial charge in [0.15, 0.2) is 5.82 Å². The molecular formula is C22H23ClN4O. The fourth-order valence-corrected chi connectivity index (χ4v) is 3.70. The van der Waals surface area contributed by atoms with Crippen LogP contribution in [-0.4, -0.2) is 27.2 Å². The number of aromatic nitrogens is 2. The van der Waals surface area contributed by atoms with E-state index in [4.69, 9.17) is 22.3 Å². The lowest BCUT2D eigenvalue weighted by atomic mass is 9.91. The molecule has 0 radical (unpaired) electrons. The van der Waals surface area contributed by atoms with Crippen LogP contribution in [0, 0.1) is 0 Å². The Morgan fingerprint density at radius 3 is 2.61 bits per heavy atom. The van der Waals surface area contributed by atoms with Crippen molar-refractivity contribution in [3.05, 3.63) is 58.9 Å². The topological polar surface area (TPSA) is 84.1 Å². The highest BCUT2D eigenvalue weighted by molar-refractivity contribution is 6.30. The number of benzene rings is 2. The highest BCUT2D eigenvalue weighted by Gasteiger charge is 2.23. The Hall–Kier alpha value is -2.63. The van der Waals surface area contributed by atoms with E-state index >= 15 is 0 Å². The zero-order chi connectivity index (χ0) is 19.5. The van der Waals surface area contributed by atoms with E-state index < -0.39 is 0 Å². The van der Waals surface area contributed by atoms with E-state index in [1.807, 2.05) is 36.4 Å². The maximum absolute atomic E-state index is 9.92. The van der Waals surface area contributed by atoms with Crippen LogP contribution in [0.2, 0.25) is 5.02 Å². The maximum Gasteiger partial charge on any atom is 0.154 e. The smallest absolute Gasteiger partial charge is 0.154 e. The first-order valence-corrected chi connectivity index (χ1v) is 9.93. The highest BCUT2D eigenvalue weighted by Crippen LogP contribution is 2.28. The zero-order valence-electron chi connectivity index (χ0n) is 15.5. The van der Waals surface area contributed by atoms with E-state index in [-0.39, 0.29) is 17.8 Å². The summed E-state index contributed by atoms with van der Waals surface area (Å²) in [6.45, 7) is 0. The lowest BCUT2D eigenvalue weighted by Gasteiger charge is -2.30. The zero-order valence-corrected chi connectivity index (χ0v) is 16.2. The third kappa shape index (κ3) is 4.26. The molecule has 1 aliphatic carbocycles. The van der Waals surface area contributed by atoms with E-state index in [1.54, 1.807) is 18.2 Å². The molecule has 4 N–H and O–H groups in total. The second kappa shape index (κ2) is 8.17. The van der Waals surface area contributed by atoms with Crippen molar-refractivity contribution in [2.24, 2.45) is 5.73 Å². The standard InChI is InChI=1S/C22H23ClN4O/c23-15-8-5-14(6-9-15)7-12-21-25-19-11-10-16(28)13-17(19)22(27-21)26-20-4-2-1-3-18(20)24/h5-13,18,20,28H,1-4,24H2,(H,25,26,27). The number of nitrogens with zero attached hydrogens (tertiary/aromatic N) is 2. The van der Waals surface area contributed by atoms with Gasteiger partial charge >= 0.3 is 0 Å². The Morgan fingerprint density at radius 2 is 1.82 bits per heavy atom. The van der Waals surface area contributed by atoms with Crippen LogP contribution in [0.25, 0.3) is 23.1 Å². The minimum absolute atomic E-state index is 0.101. The van der Waals surface area contributed by atoms with Crippen molar-refractivity contribution in [1.82, 2.24) is 9.97 Å². The molecule has 1 aliphatic rings. The Morgan fingerprint density at radius 1 is 1.04 bits per heavy atom. The van der Waals surface area contributed by atoms with Gasteiger partial charge in [-0.05, 0) is 54.8 Å². The molecule has 144 valence electrons. The first kappa shape index (κ1) is 18.7. The van der Waals surface area contributed by atoms with Gasteiger partial charge in [-0.15, -0.1) is 0 Å². The summed E-state index contributed by atoms with van der Waals surface area (Å²) in [5, 5.41) is 14.9. The Balaban J connectivity index is 1.69. The van der Waals surface area contributed by atoms with Gasteiger partial charge in [0.25, 0.3) is 0 Å². The molecule has 0 amide bonds. The molecule has 1 heterocycles. The second-order valence-corrected chi connectivity index (χ2v) is 7.65. The number of nitrogens with two attached hydrogens (primary N) is 1. The number of halogens is 1. The van der Waals surface area contributed by atoms with Gasteiger partial charge in [-0.3, -0.25) is 0 Å². The fourth-order valence-electron chi connectivity index (χ4n) is 3.58. The summed E-state index contributed by atoms with van der Waals surface area (Å²) in [5.74, 6) is 1.50. The van der Waals surface area contributed by atoms with Crippen molar-refractivity contribution in [2.75, 3.05) is 5.32 Å². The first-order chi connectivity index (χ1) is 13.6. The molecule has 3 aromatic rings. The fraction of sp³-hybridized carbons (Fsp3) is 0.273. The number of anilines is 1. The summed E-state index contributed by atoms with van der Waals surface area (Å²) in [5.41, 5.74) is 8.10. The van der Waals surface area contributed by atoms with Crippen LogP contribution in [0.4, 0.5) is 5.82 Å². The maximum atomic E-state index is 9.92. The van der Waals surface area contributed by atoms with E-state index in [2.05, 4.69) is 10.3 Å². The van der Waals surface area contributed by atoms with Gasteiger partial charge in [0.2, 0.25) is 0 Å². The van der Waals surface area contributed by atoms with Crippen LogP contribution < -0.4 is 11.1 Å². The van der Waals surface area contributed by atoms with Crippen molar-refractivity contribution in [3.63, 3.8) is 0 Å². The molecule has 2 unspecified atom stereocenters. The van der Waals surface area contributed by atoms with Crippen molar-refractivity contribution in [1.29, 1.82) is 0 Å². The number of rotatable bonds is 4. The lowest BCUT2D eigenvalue weighted by Crippen LogP contribution is -2.42. The third-order valence-electron chi connectivity index (χ3n) is 5.13. The molecule has 1 aromatic heterocycles. The minimum Gasteiger partial charge on any atom is -0.508 e. The second-order valence-electron chi connectivity index (χ2n) is 7.22. The third-order valence-corrected chi connectivity index (χ3v) is 5.38. The molecule has 0 bridgehead atoms. The molecule has 28 heavy (non-hydrogen) atoms. The van der Waals surface area contributed by atoms with Gasteiger partial charge in [-0.25, -0.2) is 9.97 Å². The van der Waals surface area contributed by atoms with E-state index in [9.17, 15) is 5.11 Å². The molecular weight excluding hydrogens is 372 g/mol. The van der Waals surface area contributed by atoms with E-state index in [1.165, 1.54) is 6.42 Å². The van der Waals surface area contributed by atoms with Crippen LogP contribution in [0.5, 0.6) is 5.75 Å². The van der Waals surface area contributed by atoms with Crippen molar-refractivity contribution < 1.29 is 5.11 Å². The van der Waals surface area contributed by atoms with Crippen LogP contribution in [0.15, 0.2) is 42.5 Å². The van der Waals surface area contributed by atoms with Crippen LogP contribution >= 0.6 is 11.6 Å². The molecule has 1 fully saturated rings. The summed E-state index contributed by atoms with van der Waals surface area (Å²) in [7, 11) is 0. The van der Waals surface area contributed by atoms with Crippen molar-refractivity contribution >= 4 is 40.5 Å². The predicted octanol–water partition coefficient (Wildman–Crippen LogP) is 4.84. The number of hydrogen-bond donors (Lipinski definition) is 3. The largest absolute Gasteiger partial charge is 0.508 e.